The summed E-state index contributed by atoms with van der Waals surface area (Å²) in [4.78, 5) is 17.0. The molecule has 0 spiro atoms. The van der Waals surface area contributed by atoms with E-state index in [4.69, 9.17) is 14.3 Å². The Morgan fingerprint density at radius 3 is 2.65 bits per heavy atom. The van der Waals surface area contributed by atoms with Crippen LogP contribution in [-0.2, 0) is 9.63 Å². The number of oxime groups is 1. The average molecular weight is 356 g/mol. The van der Waals surface area contributed by atoms with Crippen molar-refractivity contribution in [1.82, 2.24) is 0 Å². The first-order valence-corrected chi connectivity index (χ1v) is 8.36. The van der Waals surface area contributed by atoms with Gasteiger partial charge in [-0.05, 0) is 50.6 Å². The highest BCUT2D eigenvalue weighted by atomic mass is 16.6. The van der Waals surface area contributed by atoms with Gasteiger partial charge in [0, 0.05) is 11.3 Å². The van der Waals surface area contributed by atoms with Gasteiger partial charge in [0.2, 0.25) is 0 Å². The van der Waals surface area contributed by atoms with Crippen LogP contribution in [0.2, 0.25) is 0 Å². The first kappa shape index (κ1) is 19.3. The summed E-state index contributed by atoms with van der Waals surface area (Å²) in [5, 5.41) is 6.64. The second kappa shape index (κ2) is 9.46. The molecular weight excluding hydrogens is 332 g/mol. The first-order valence-electron chi connectivity index (χ1n) is 8.36. The monoisotopic (exact) mass is 356 g/mol. The molecule has 138 valence electrons. The number of benzene rings is 2. The molecule has 0 unspecified atom stereocenters. The van der Waals surface area contributed by atoms with Crippen LogP contribution in [0.5, 0.6) is 11.5 Å². The van der Waals surface area contributed by atoms with E-state index >= 15 is 0 Å². The van der Waals surface area contributed by atoms with E-state index in [2.05, 4.69) is 10.5 Å². The van der Waals surface area contributed by atoms with Crippen LogP contribution in [0.4, 0.5) is 5.69 Å². The van der Waals surface area contributed by atoms with Gasteiger partial charge in [0.1, 0.15) is 0 Å². The van der Waals surface area contributed by atoms with Gasteiger partial charge in [0.25, 0.3) is 5.91 Å². The van der Waals surface area contributed by atoms with Crippen LogP contribution in [0, 0.1) is 13.8 Å². The zero-order valence-electron chi connectivity index (χ0n) is 15.5. The Kier molecular flexibility index (Phi) is 7.02. The molecule has 0 aliphatic heterocycles. The van der Waals surface area contributed by atoms with Crippen LogP contribution < -0.4 is 14.8 Å². The lowest BCUT2D eigenvalue weighted by atomic mass is 10.1. The van der Waals surface area contributed by atoms with Gasteiger partial charge in [-0.25, -0.2) is 0 Å². The topological polar surface area (TPSA) is 69.2 Å². The molecule has 0 aromatic heterocycles. The first-order chi connectivity index (χ1) is 12.5. The molecular formula is C20H24N2O4. The molecule has 0 saturated heterocycles. The predicted molar refractivity (Wildman–Crippen MR) is 102 cm³/mol. The Hall–Kier alpha value is -3.02. The van der Waals surface area contributed by atoms with Gasteiger partial charge in [-0.15, -0.1) is 0 Å². The largest absolute Gasteiger partial charge is 0.493 e. The molecule has 0 radical (unpaired) electrons. The summed E-state index contributed by atoms with van der Waals surface area (Å²) in [7, 11) is 1.59. The van der Waals surface area contributed by atoms with Gasteiger partial charge in [-0.3, -0.25) is 4.79 Å². The number of methoxy groups -OCH3 is 1. The Labute approximate surface area is 153 Å². The van der Waals surface area contributed by atoms with Crippen LogP contribution in [0.25, 0.3) is 0 Å². The van der Waals surface area contributed by atoms with E-state index in [0.29, 0.717) is 18.1 Å². The maximum atomic E-state index is 11.9. The van der Waals surface area contributed by atoms with Crippen molar-refractivity contribution in [2.45, 2.75) is 20.8 Å². The Bertz CT molecular complexity index is 787. The maximum absolute atomic E-state index is 11.9. The molecule has 0 aliphatic rings. The second-order valence-corrected chi connectivity index (χ2v) is 5.72. The van der Waals surface area contributed by atoms with E-state index in [0.717, 1.165) is 22.4 Å². The van der Waals surface area contributed by atoms with E-state index in [-0.39, 0.29) is 12.5 Å². The van der Waals surface area contributed by atoms with Crippen molar-refractivity contribution >= 4 is 17.8 Å². The predicted octanol–water partition coefficient (Wildman–Crippen LogP) is 3.70. The number of amides is 1. The minimum atomic E-state index is -0.265. The number of hydrogen-bond donors (Lipinski definition) is 1. The highest BCUT2D eigenvalue weighted by Crippen LogP contribution is 2.27. The molecule has 0 saturated carbocycles. The molecule has 6 nitrogen and oxygen atoms in total. The van der Waals surface area contributed by atoms with E-state index in [1.165, 1.54) is 6.21 Å². The Morgan fingerprint density at radius 2 is 1.96 bits per heavy atom. The zero-order valence-corrected chi connectivity index (χ0v) is 15.5. The fourth-order valence-corrected chi connectivity index (χ4v) is 2.38. The van der Waals surface area contributed by atoms with Gasteiger partial charge >= 0.3 is 0 Å². The third-order valence-electron chi connectivity index (χ3n) is 3.62. The summed E-state index contributed by atoms with van der Waals surface area (Å²) in [6.07, 6.45) is 1.52. The van der Waals surface area contributed by atoms with Crippen LogP contribution in [0.3, 0.4) is 0 Å². The normalized spacial score (nSPS) is 10.6. The van der Waals surface area contributed by atoms with E-state index in [1.54, 1.807) is 19.2 Å². The Morgan fingerprint density at radius 1 is 1.15 bits per heavy atom. The molecule has 0 aliphatic carbocycles. The Balaban J connectivity index is 1.88. The van der Waals surface area contributed by atoms with Crippen molar-refractivity contribution in [3.8, 4) is 11.5 Å². The van der Waals surface area contributed by atoms with Gasteiger partial charge in [-0.2, -0.15) is 0 Å². The van der Waals surface area contributed by atoms with Gasteiger partial charge in [-0.1, -0.05) is 22.9 Å². The van der Waals surface area contributed by atoms with Crippen molar-refractivity contribution in [2.75, 3.05) is 25.6 Å². The van der Waals surface area contributed by atoms with Gasteiger partial charge in [0.05, 0.1) is 19.9 Å². The number of carbonyl (C=O) groups is 1. The molecule has 0 atom stereocenters. The third kappa shape index (κ3) is 5.51. The minimum Gasteiger partial charge on any atom is -0.493 e. The lowest BCUT2D eigenvalue weighted by Crippen LogP contribution is -2.17. The van der Waals surface area contributed by atoms with E-state index in [1.807, 2.05) is 45.0 Å². The van der Waals surface area contributed by atoms with Crippen LogP contribution in [0.1, 0.15) is 23.6 Å². The molecule has 6 heteroatoms. The average Bonchev–Trinajstić information content (AvgIpc) is 2.62. The summed E-state index contributed by atoms with van der Waals surface area (Å²) in [6.45, 7) is 6.22. The number of aryl methyl sites for hydroxylation is 2. The molecule has 26 heavy (non-hydrogen) atoms. The number of anilines is 1. The highest BCUT2D eigenvalue weighted by Gasteiger charge is 2.06. The minimum absolute atomic E-state index is 0.168. The molecule has 0 bridgehead atoms. The molecule has 2 aromatic carbocycles. The lowest BCUT2D eigenvalue weighted by Gasteiger charge is -2.09. The van der Waals surface area contributed by atoms with Crippen molar-refractivity contribution in [1.29, 1.82) is 0 Å². The highest BCUT2D eigenvalue weighted by molar-refractivity contribution is 5.92. The fourth-order valence-electron chi connectivity index (χ4n) is 2.38. The van der Waals surface area contributed by atoms with Gasteiger partial charge in [0.15, 0.2) is 18.1 Å². The molecule has 2 aromatic rings. The number of carbonyl (C=O) groups excluding carboxylic acids is 1. The lowest BCUT2D eigenvalue weighted by molar-refractivity contribution is -0.120. The van der Waals surface area contributed by atoms with Crippen LogP contribution >= 0.6 is 0 Å². The maximum Gasteiger partial charge on any atom is 0.265 e. The third-order valence-corrected chi connectivity index (χ3v) is 3.62. The fraction of sp³-hybridized carbons (Fsp3) is 0.300. The molecule has 0 fully saturated rings. The number of nitrogens with one attached hydrogen (secondary N) is 1. The van der Waals surface area contributed by atoms with E-state index < -0.39 is 0 Å². The smallest absolute Gasteiger partial charge is 0.265 e. The number of nitrogens with zero attached hydrogens (tertiary/aromatic N) is 1. The zero-order chi connectivity index (χ0) is 18.9. The van der Waals surface area contributed by atoms with Crippen molar-refractivity contribution in [3.05, 3.63) is 53.1 Å². The number of rotatable bonds is 8. The van der Waals surface area contributed by atoms with Crippen molar-refractivity contribution in [2.24, 2.45) is 5.16 Å². The molecule has 0 heterocycles. The van der Waals surface area contributed by atoms with Gasteiger partial charge < -0.3 is 19.6 Å². The van der Waals surface area contributed by atoms with Crippen LogP contribution in [0.15, 0.2) is 41.6 Å². The second-order valence-electron chi connectivity index (χ2n) is 5.72. The van der Waals surface area contributed by atoms with Crippen molar-refractivity contribution < 1.29 is 19.1 Å². The summed E-state index contributed by atoms with van der Waals surface area (Å²) in [5.41, 5.74) is 3.70. The standard InChI is InChI=1S/C20H24N2O4/c1-5-25-19-11-16(7-9-18(19)24-4)12-21-26-13-20(23)22-17-8-6-14(2)10-15(17)3/h6-12H,5,13H2,1-4H3,(H,22,23)/b21-12+. The molecule has 1 N–H and O–H groups in total. The summed E-state index contributed by atoms with van der Waals surface area (Å²) in [6, 6.07) is 11.2. The van der Waals surface area contributed by atoms with E-state index in [9.17, 15) is 4.79 Å². The summed E-state index contributed by atoms with van der Waals surface area (Å²) in [5.74, 6) is 1.02. The summed E-state index contributed by atoms with van der Waals surface area (Å²) < 4.78 is 10.7. The number of ether oxygens (including phenoxy) is 2. The van der Waals surface area contributed by atoms with Crippen LogP contribution in [-0.4, -0.2) is 32.4 Å². The molecule has 1 amide bonds. The molecule has 2 rings (SSSR count). The summed E-state index contributed by atoms with van der Waals surface area (Å²) >= 11 is 0. The number of hydrogen-bond acceptors (Lipinski definition) is 5. The quantitative estimate of drug-likeness (QED) is 0.578. The SMILES string of the molecule is CCOc1cc(/C=N/OCC(=O)Nc2ccc(C)cc2C)ccc1OC. The van der Waals surface area contributed by atoms with Crippen molar-refractivity contribution in [3.63, 3.8) is 0 Å².